The van der Waals surface area contributed by atoms with Gasteiger partial charge in [0.05, 0.1) is 30.0 Å². The second-order valence-corrected chi connectivity index (χ2v) is 12.6. The molecule has 0 saturated carbocycles. The highest BCUT2D eigenvalue weighted by Gasteiger charge is 2.24. The fourth-order valence-corrected chi connectivity index (χ4v) is 6.68. The monoisotopic (exact) mass is 640 g/mol. The van der Waals surface area contributed by atoms with Crippen LogP contribution in [0.5, 0.6) is 5.75 Å². The van der Waals surface area contributed by atoms with Gasteiger partial charge in [-0.25, -0.2) is 0 Å². The van der Waals surface area contributed by atoms with E-state index >= 15 is 0 Å². The van der Waals surface area contributed by atoms with Crippen LogP contribution in [-0.4, -0.2) is 60.9 Å². The molecule has 2 amide bonds. The minimum absolute atomic E-state index is 0.0181. The number of nitrogens with two attached hydrogens (primary N) is 1. The van der Waals surface area contributed by atoms with Crippen LogP contribution in [0.15, 0.2) is 76.7 Å². The van der Waals surface area contributed by atoms with Gasteiger partial charge in [-0.3, -0.25) is 14.6 Å². The van der Waals surface area contributed by atoms with E-state index < -0.39 is 5.91 Å². The number of amides is 2. The van der Waals surface area contributed by atoms with E-state index in [1.54, 1.807) is 18.9 Å². The molecule has 0 spiro atoms. The molecule has 0 unspecified atom stereocenters. The van der Waals surface area contributed by atoms with Crippen LogP contribution in [0.2, 0.25) is 0 Å². The predicted octanol–water partition coefficient (Wildman–Crippen LogP) is 6.93. The number of hydrogen-bond donors (Lipinski definition) is 2. The third-order valence-corrected chi connectivity index (χ3v) is 9.07. The zero-order chi connectivity index (χ0) is 32.5. The number of nitrogens with zero attached hydrogens (tertiary/aromatic N) is 2. The van der Waals surface area contributed by atoms with Crippen LogP contribution < -0.4 is 15.8 Å². The van der Waals surface area contributed by atoms with E-state index in [0.717, 1.165) is 70.3 Å². The molecular weight excluding hydrogens is 600 g/mol. The molecular formula is C36H40N4O5S. The summed E-state index contributed by atoms with van der Waals surface area (Å²) in [4.78, 5) is 44.7. The summed E-state index contributed by atoms with van der Waals surface area (Å²) in [6, 6.07) is 19.2. The van der Waals surface area contributed by atoms with Crippen molar-refractivity contribution in [2.75, 3.05) is 32.1 Å². The number of aryl methyl sites for hydroxylation is 1. The molecule has 0 aliphatic carbocycles. The van der Waals surface area contributed by atoms with Crippen molar-refractivity contribution < 1.29 is 23.9 Å². The maximum Gasteiger partial charge on any atom is 0.253 e. The van der Waals surface area contributed by atoms with Gasteiger partial charge >= 0.3 is 0 Å². The summed E-state index contributed by atoms with van der Waals surface area (Å²) in [5.74, 6) is 0.120. The molecule has 9 nitrogen and oxygen atoms in total. The Kier molecular flexibility index (Phi) is 11.3. The van der Waals surface area contributed by atoms with E-state index in [2.05, 4.69) is 16.4 Å². The summed E-state index contributed by atoms with van der Waals surface area (Å²) in [5.41, 5.74) is 9.73. The molecule has 1 saturated heterocycles. The Morgan fingerprint density at radius 3 is 2.61 bits per heavy atom. The number of rotatable bonds is 14. The van der Waals surface area contributed by atoms with Crippen molar-refractivity contribution in [1.82, 2.24) is 9.88 Å². The number of carbonyl (C=O) groups is 3. The highest BCUT2D eigenvalue weighted by Crippen LogP contribution is 2.37. The van der Waals surface area contributed by atoms with Crippen LogP contribution in [0.1, 0.15) is 64.8 Å². The van der Waals surface area contributed by atoms with Gasteiger partial charge in [-0.2, -0.15) is 0 Å². The lowest BCUT2D eigenvalue weighted by Crippen LogP contribution is -2.41. The average molecular weight is 641 g/mol. The first-order valence-corrected chi connectivity index (χ1v) is 16.4. The topological polar surface area (TPSA) is 124 Å². The second-order valence-electron chi connectivity index (χ2n) is 11.4. The maximum atomic E-state index is 13.4. The zero-order valence-electron chi connectivity index (χ0n) is 26.3. The first-order chi connectivity index (χ1) is 22.4. The molecule has 2 heterocycles. The lowest BCUT2D eigenvalue weighted by atomic mass is 10.1. The summed E-state index contributed by atoms with van der Waals surface area (Å²) in [5, 5.41) is 4.14. The Labute approximate surface area is 273 Å². The number of benzene rings is 3. The highest BCUT2D eigenvalue weighted by molar-refractivity contribution is 7.99. The SMILES string of the molecule is COc1cccc(Nc2c(C(N)=O)cnc3c(C)cc(Sc4cccc(C(=O)N5CCC(OCCCCCC=O)CC5)c4)cc23)c1. The summed E-state index contributed by atoms with van der Waals surface area (Å²) in [6.07, 6.45) is 7.75. The molecule has 3 aromatic carbocycles. The van der Waals surface area contributed by atoms with Crippen molar-refractivity contribution in [3.05, 3.63) is 83.6 Å². The molecule has 0 atom stereocenters. The number of methoxy groups -OCH3 is 1. The number of aromatic nitrogens is 1. The summed E-state index contributed by atoms with van der Waals surface area (Å²) in [6.45, 7) is 4.01. The Balaban J connectivity index is 1.30. The summed E-state index contributed by atoms with van der Waals surface area (Å²) >= 11 is 1.54. The fourth-order valence-electron chi connectivity index (χ4n) is 5.67. The quantitative estimate of drug-likeness (QED) is 0.112. The van der Waals surface area contributed by atoms with Gasteiger partial charge in [0.1, 0.15) is 12.0 Å². The number of nitrogens with one attached hydrogen (secondary N) is 1. The van der Waals surface area contributed by atoms with E-state index in [-0.39, 0.29) is 17.6 Å². The molecule has 1 fully saturated rings. The maximum absolute atomic E-state index is 13.4. The number of piperidine rings is 1. The molecule has 1 aliphatic rings. The number of fused-ring (bicyclic) bond motifs is 1. The largest absolute Gasteiger partial charge is 0.497 e. The minimum Gasteiger partial charge on any atom is -0.497 e. The Morgan fingerprint density at radius 2 is 1.85 bits per heavy atom. The van der Waals surface area contributed by atoms with Gasteiger partial charge < -0.3 is 30.2 Å². The van der Waals surface area contributed by atoms with E-state index in [4.69, 9.17) is 15.2 Å². The number of hydrogen-bond acceptors (Lipinski definition) is 8. The highest BCUT2D eigenvalue weighted by atomic mass is 32.2. The van der Waals surface area contributed by atoms with Crippen LogP contribution in [0, 0.1) is 6.92 Å². The van der Waals surface area contributed by atoms with Gasteiger partial charge in [-0.05, 0) is 80.6 Å². The van der Waals surface area contributed by atoms with Gasteiger partial charge in [-0.1, -0.05) is 30.3 Å². The molecule has 240 valence electrons. The summed E-state index contributed by atoms with van der Waals surface area (Å²) < 4.78 is 11.4. The lowest BCUT2D eigenvalue weighted by Gasteiger charge is -2.32. The molecule has 3 N–H and O–H groups in total. The molecule has 10 heteroatoms. The van der Waals surface area contributed by atoms with Crippen molar-refractivity contribution in [2.24, 2.45) is 5.73 Å². The number of carbonyl (C=O) groups excluding carboxylic acids is 3. The smallest absolute Gasteiger partial charge is 0.253 e. The zero-order valence-corrected chi connectivity index (χ0v) is 27.1. The molecule has 0 radical (unpaired) electrons. The van der Waals surface area contributed by atoms with E-state index in [9.17, 15) is 14.4 Å². The number of unbranched alkanes of at least 4 members (excludes halogenated alkanes) is 3. The third-order valence-electron chi connectivity index (χ3n) is 8.11. The molecule has 46 heavy (non-hydrogen) atoms. The number of anilines is 2. The first-order valence-electron chi connectivity index (χ1n) is 15.6. The number of primary amides is 1. The number of likely N-dealkylation sites (tertiary alicyclic amines) is 1. The third kappa shape index (κ3) is 8.24. The van der Waals surface area contributed by atoms with Crippen molar-refractivity contribution in [2.45, 2.75) is 61.3 Å². The molecule has 5 rings (SSSR count). The van der Waals surface area contributed by atoms with Crippen LogP contribution in [0.4, 0.5) is 11.4 Å². The first kappa shape index (κ1) is 33.0. The number of ether oxygens (including phenoxy) is 2. The Morgan fingerprint density at radius 1 is 1.04 bits per heavy atom. The summed E-state index contributed by atoms with van der Waals surface area (Å²) in [7, 11) is 1.60. The van der Waals surface area contributed by atoms with Crippen LogP contribution in [-0.2, 0) is 9.53 Å². The molecule has 0 bridgehead atoms. The number of aldehydes is 1. The van der Waals surface area contributed by atoms with Crippen molar-refractivity contribution in [3.63, 3.8) is 0 Å². The van der Waals surface area contributed by atoms with Crippen LogP contribution >= 0.6 is 11.8 Å². The molecule has 1 aromatic heterocycles. The minimum atomic E-state index is -0.580. The molecule has 1 aliphatic heterocycles. The van der Waals surface area contributed by atoms with Crippen LogP contribution in [0.25, 0.3) is 10.9 Å². The Bertz CT molecular complexity index is 1700. The van der Waals surface area contributed by atoms with Gasteiger partial charge in [0, 0.05) is 64.8 Å². The van der Waals surface area contributed by atoms with Crippen molar-refractivity contribution in [1.29, 1.82) is 0 Å². The lowest BCUT2D eigenvalue weighted by molar-refractivity contribution is -0.108. The van der Waals surface area contributed by atoms with Gasteiger partial charge in [0.25, 0.3) is 11.8 Å². The van der Waals surface area contributed by atoms with E-state index in [1.807, 2.05) is 66.4 Å². The van der Waals surface area contributed by atoms with Gasteiger partial charge in [-0.15, -0.1) is 0 Å². The van der Waals surface area contributed by atoms with E-state index in [0.29, 0.717) is 43.1 Å². The number of pyridine rings is 1. The average Bonchev–Trinajstić information content (AvgIpc) is 3.06. The van der Waals surface area contributed by atoms with Crippen molar-refractivity contribution >= 4 is 52.1 Å². The molecule has 4 aromatic rings. The van der Waals surface area contributed by atoms with Crippen molar-refractivity contribution in [3.8, 4) is 5.75 Å². The normalized spacial score (nSPS) is 13.5. The fraction of sp³-hybridized carbons (Fsp3) is 0.333. The Hall–Kier alpha value is -4.41. The van der Waals surface area contributed by atoms with Gasteiger partial charge in [0.2, 0.25) is 0 Å². The standard InChI is InChI=1S/C36H40N4O5S/c1-24-19-30(22-31-33(24)38-23-32(35(37)42)34(31)39-26-10-8-11-28(21-26)44-2)46-29-12-7-9-25(20-29)36(43)40-15-13-27(14-16-40)45-18-6-4-3-5-17-41/h7-12,17,19-23,27H,3-6,13-16,18H2,1-2H3,(H2,37,42)(H,38,39). The van der Waals surface area contributed by atoms with Gasteiger partial charge in [0.15, 0.2) is 0 Å². The van der Waals surface area contributed by atoms with Crippen LogP contribution in [0.3, 0.4) is 0 Å². The second kappa shape index (κ2) is 15.7. The van der Waals surface area contributed by atoms with E-state index in [1.165, 1.54) is 6.20 Å². The predicted molar refractivity (Wildman–Crippen MR) is 181 cm³/mol.